The third-order valence-corrected chi connectivity index (χ3v) is 4.08. The normalized spacial score (nSPS) is 20.2. The first kappa shape index (κ1) is 13.1. The van der Waals surface area contributed by atoms with Crippen LogP contribution in [0.25, 0.3) is 0 Å². The summed E-state index contributed by atoms with van der Waals surface area (Å²) in [6.07, 6.45) is 4.55. The maximum atomic E-state index is 12.7. The molecule has 0 N–H and O–H groups in total. The monoisotopic (exact) mass is 249 g/mol. The van der Waals surface area contributed by atoms with Crippen molar-refractivity contribution in [1.29, 1.82) is 0 Å². The van der Waals surface area contributed by atoms with Crippen LogP contribution in [-0.4, -0.2) is 33.2 Å². The minimum absolute atomic E-state index is 0.171. The topological polar surface area (TPSA) is 38.1 Å². The summed E-state index contributed by atoms with van der Waals surface area (Å²) in [4.78, 5) is 14.8. The molecule has 0 radical (unpaired) electrons. The second-order valence-corrected chi connectivity index (χ2v) is 5.23. The van der Waals surface area contributed by atoms with Crippen molar-refractivity contribution in [3.63, 3.8) is 0 Å². The van der Waals surface area contributed by atoms with E-state index in [1.165, 1.54) is 6.42 Å². The van der Waals surface area contributed by atoms with E-state index < -0.39 is 0 Å². The smallest absolute Gasteiger partial charge is 0.257 e. The van der Waals surface area contributed by atoms with Crippen LogP contribution in [0.1, 0.15) is 54.4 Å². The summed E-state index contributed by atoms with van der Waals surface area (Å²) < 4.78 is 1.80. The van der Waals surface area contributed by atoms with E-state index in [2.05, 4.69) is 16.9 Å². The van der Waals surface area contributed by atoms with Gasteiger partial charge in [-0.25, -0.2) is 0 Å². The van der Waals surface area contributed by atoms with Gasteiger partial charge in [0.1, 0.15) is 0 Å². The van der Waals surface area contributed by atoms with Gasteiger partial charge in [-0.05, 0) is 39.5 Å². The van der Waals surface area contributed by atoms with Crippen molar-refractivity contribution >= 4 is 5.91 Å². The largest absolute Gasteiger partial charge is 0.336 e. The lowest BCUT2D eigenvalue weighted by Crippen LogP contribution is -2.43. The Bertz CT molecular complexity index is 450. The Morgan fingerprint density at radius 1 is 1.39 bits per heavy atom. The van der Waals surface area contributed by atoms with Crippen LogP contribution < -0.4 is 0 Å². The van der Waals surface area contributed by atoms with Crippen LogP contribution in [0.5, 0.6) is 0 Å². The van der Waals surface area contributed by atoms with E-state index in [1.807, 2.05) is 20.9 Å². The molecule has 2 heterocycles. The van der Waals surface area contributed by atoms with E-state index in [-0.39, 0.29) is 5.91 Å². The molecule has 4 heteroatoms. The average Bonchev–Trinajstić information content (AvgIpc) is 2.62. The molecule has 1 amide bonds. The number of likely N-dealkylation sites (tertiary alicyclic amines) is 1. The van der Waals surface area contributed by atoms with Gasteiger partial charge < -0.3 is 4.90 Å². The maximum absolute atomic E-state index is 12.7. The molecule has 0 aliphatic carbocycles. The molecule has 2 rings (SSSR count). The van der Waals surface area contributed by atoms with E-state index in [1.54, 1.807) is 4.68 Å². The lowest BCUT2D eigenvalue weighted by Gasteiger charge is -2.35. The Hall–Kier alpha value is -1.32. The number of hydrogen-bond donors (Lipinski definition) is 0. The van der Waals surface area contributed by atoms with Crippen LogP contribution in [0, 0.1) is 13.8 Å². The molecule has 1 aromatic heterocycles. The van der Waals surface area contributed by atoms with Gasteiger partial charge in [-0.2, -0.15) is 5.10 Å². The molecule has 1 atom stereocenters. The van der Waals surface area contributed by atoms with Crippen LogP contribution in [0.2, 0.25) is 0 Å². The molecule has 1 fully saturated rings. The molecule has 1 saturated heterocycles. The standard InChI is InChI=1S/C14H23N3O/c1-5-12-8-6-7-9-17(12)14(18)13-10(2)15-16(4)11(13)3/h12H,5-9H2,1-4H3. The van der Waals surface area contributed by atoms with Crippen LogP contribution in [0.4, 0.5) is 0 Å². The molecule has 0 bridgehead atoms. The van der Waals surface area contributed by atoms with Crippen LogP contribution in [0.3, 0.4) is 0 Å². The van der Waals surface area contributed by atoms with E-state index >= 15 is 0 Å². The molecule has 1 aromatic rings. The Balaban J connectivity index is 2.29. The highest BCUT2D eigenvalue weighted by atomic mass is 16.2. The molecule has 0 spiro atoms. The highest BCUT2D eigenvalue weighted by Crippen LogP contribution is 2.24. The van der Waals surface area contributed by atoms with Gasteiger partial charge in [0.25, 0.3) is 5.91 Å². The predicted molar refractivity (Wildman–Crippen MR) is 71.6 cm³/mol. The molecule has 1 aliphatic rings. The summed E-state index contributed by atoms with van der Waals surface area (Å²) in [5.74, 6) is 0.171. The van der Waals surface area contributed by atoms with Crippen molar-refractivity contribution in [2.45, 2.75) is 52.5 Å². The van der Waals surface area contributed by atoms with Crippen LogP contribution in [-0.2, 0) is 7.05 Å². The van der Waals surface area contributed by atoms with E-state index in [0.29, 0.717) is 6.04 Å². The summed E-state index contributed by atoms with van der Waals surface area (Å²) in [5, 5.41) is 4.35. The van der Waals surface area contributed by atoms with Gasteiger partial charge >= 0.3 is 0 Å². The first-order chi connectivity index (χ1) is 8.56. The number of rotatable bonds is 2. The fraction of sp³-hybridized carbons (Fsp3) is 0.714. The van der Waals surface area contributed by atoms with Crippen molar-refractivity contribution in [2.24, 2.45) is 7.05 Å². The van der Waals surface area contributed by atoms with Gasteiger partial charge in [0.15, 0.2) is 0 Å². The van der Waals surface area contributed by atoms with Gasteiger partial charge in [0, 0.05) is 25.3 Å². The SMILES string of the molecule is CCC1CCCCN1C(=O)c1c(C)nn(C)c1C. The number of nitrogens with zero attached hydrogens (tertiary/aromatic N) is 3. The summed E-state index contributed by atoms with van der Waals surface area (Å²) in [5.41, 5.74) is 2.62. The first-order valence-electron chi connectivity index (χ1n) is 6.87. The fourth-order valence-electron chi connectivity index (χ4n) is 2.92. The van der Waals surface area contributed by atoms with E-state index in [0.717, 1.165) is 42.8 Å². The number of carbonyl (C=O) groups excluding carboxylic acids is 1. The molecule has 100 valence electrons. The Morgan fingerprint density at radius 3 is 2.67 bits per heavy atom. The molecular weight excluding hydrogens is 226 g/mol. The molecule has 0 saturated carbocycles. The van der Waals surface area contributed by atoms with Gasteiger partial charge in [-0.1, -0.05) is 6.92 Å². The average molecular weight is 249 g/mol. The van der Waals surface area contributed by atoms with Gasteiger partial charge in [0.2, 0.25) is 0 Å². The van der Waals surface area contributed by atoms with Crippen molar-refractivity contribution in [3.8, 4) is 0 Å². The Kier molecular flexibility index (Phi) is 3.73. The zero-order valence-electron chi connectivity index (χ0n) is 11.9. The minimum Gasteiger partial charge on any atom is -0.336 e. The number of piperidine rings is 1. The second-order valence-electron chi connectivity index (χ2n) is 5.23. The summed E-state index contributed by atoms with van der Waals surface area (Å²) in [6, 6.07) is 0.408. The minimum atomic E-state index is 0.171. The lowest BCUT2D eigenvalue weighted by atomic mass is 9.98. The molecule has 1 aliphatic heterocycles. The number of hydrogen-bond acceptors (Lipinski definition) is 2. The summed E-state index contributed by atoms with van der Waals surface area (Å²) in [6.45, 7) is 6.95. The van der Waals surface area contributed by atoms with Crippen LogP contribution in [0.15, 0.2) is 0 Å². The van der Waals surface area contributed by atoms with Crippen molar-refractivity contribution < 1.29 is 4.79 Å². The number of aromatic nitrogens is 2. The number of amides is 1. The van der Waals surface area contributed by atoms with Crippen molar-refractivity contribution in [2.75, 3.05) is 6.54 Å². The van der Waals surface area contributed by atoms with Crippen LogP contribution >= 0.6 is 0 Å². The third-order valence-electron chi connectivity index (χ3n) is 4.08. The zero-order valence-corrected chi connectivity index (χ0v) is 11.9. The highest BCUT2D eigenvalue weighted by molar-refractivity contribution is 5.96. The highest BCUT2D eigenvalue weighted by Gasteiger charge is 2.29. The van der Waals surface area contributed by atoms with E-state index in [9.17, 15) is 4.79 Å². The van der Waals surface area contributed by atoms with Gasteiger partial charge in [-0.15, -0.1) is 0 Å². The molecular formula is C14H23N3O. The zero-order chi connectivity index (χ0) is 13.3. The maximum Gasteiger partial charge on any atom is 0.257 e. The number of carbonyl (C=O) groups is 1. The summed E-state index contributed by atoms with van der Waals surface area (Å²) >= 11 is 0. The van der Waals surface area contributed by atoms with Gasteiger partial charge in [0.05, 0.1) is 11.3 Å². The Labute approximate surface area is 109 Å². The van der Waals surface area contributed by atoms with Gasteiger partial charge in [-0.3, -0.25) is 9.48 Å². The lowest BCUT2D eigenvalue weighted by molar-refractivity contribution is 0.0606. The quantitative estimate of drug-likeness (QED) is 0.807. The summed E-state index contributed by atoms with van der Waals surface area (Å²) in [7, 11) is 1.90. The molecule has 4 nitrogen and oxygen atoms in total. The Morgan fingerprint density at radius 2 is 2.11 bits per heavy atom. The van der Waals surface area contributed by atoms with Crippen molar-refractivity contribution in [3.05, 3.63) is 17.0 Å². The molecule has 18 heavy (non-hydrogen) atoms. The fourth-order valence-corrected chi connectivity index (χ4v) is 2.92. The molecule has 0 aromatic carbocycles. The van der Waals surface area contributed by atoms with E-state index in [4.69, 9.17) is 0 Å². The van der Waals surface area contributed by atoms with Crippen molar-refractivity contribution in [1.82, 2.24) is 14.7 Å². The number of aryl methyl sites for hydroxylation is 2. The second kappa shape index (κ2) is 5.12. The predicted octanol–water partition coefficient (Wildman–Crippen LogP) is 2.44. The molecule has 1 unspecified atom stereocenters. The first-order valence-corrected chi connectivity index (χ1v) is 6.87. The third kappa shape index (κ3) is 2.16.